The second kappa shape index (κ2) is 7.08. The number of carboxylic acids is 1. The lowest BCUT2D eigenvalue weighted by Crippen LogP contribution is -2.30. The van der Waals surface area contributed by atoms with Gasteiger partial charge in [-0.25, -0.2) is 0 Å². The summed E-state index contributed by atoms with van der Waals surface area (Å²) in [4.78, 5) is 22.9. The van der Waals surface area contributed by atoms with Crippen LogP contribution in [0.3, 0.4) is 0 Å². The van der Waals surface area contributed by atoms with E-state index in [2.05, 4.69) is 0 Å². The van der Waals surface area contributed by atoms with Gasteiger partial charge in [-0.05, 0) is 24.8 Å². The molecule has 0 saturated carbocycles. The summed E-state index contributed by atoms with van der Waals surface area (Å²) in [7, 11) is 1.29. The molecule has 20 heavy (non-hydrogen) atoms. The number of ether oxygens (including phenoxy) is 1. The first kappa shape index (κ1) is 16.2. The Morgan fingerprint density at radius 2 is 1.75 bits per heavy atom. The summed E-state index contributed by atoms with van der Waals surface area (Å²) in [5.74, 6) is -2.72. The van der Waals surface area contributed by atoms with Crippen molar-refractivity contribution < 1.29 is 19.4 Å². The molecule has 3 atom stereocenters. The highest BCUT2D eigenvalue weighted by Gasteiger charge is 2.32. The minimum atomic E-state index is -0.975. The number of hydrogen-bond acceptors (Lipinski definition) is 3. The molecule has 3 unspecified atom stereocenters. The van der Waals surface area contributed by atoms with Crippen molar-refractivity contribution in [3.8, 4) is 0 Å². The van der Waals surface area contributed by atoms with E-state index in [1.54, 1.807) is 6.92 Å². The summed E-state index contributed by atoms with van der Waals surface area (Å²) >= 11 is 0. The highest BCUT2D eigenvalue weighted by Crippen LogP contribution is 2.28. The molecular weight excluding hydrogens is 256 g/mol. The van der Waals surface area contributed by atoms with Gasteiger partial charge in [0.2, 0.25) is 0 Å². The molecule has 0 aliphatic rings. The zero-order valence-electron chi connectivity index (χ0n) is 12.4. The lowest BCUT2D eigenvalue weighted by atomic mass is 9.83. The Morgan fingerprint density at radius 3 is 2.20 bits per heavy atom. The van der Waals surface area contributed by atoms with Crippen molar-refractivity contribution in [1.29, 1.82) is 0 Å². The molecular formula is C16H22O4. The minimum Gasteiger partial charge on any atom is -0.481 e. The smallest absolute Gasteiger partial charge is 0.309 e. The molecule has 1 rings (SSSR count). The molecule has 0 bridgehead atoms. The topological polar surface area (TPSA) is 63.6 Å². The lowest BCUT2D eigenvalue weighted by Gasteiger charge is -2.22. The third-order valence-electron chi connectivity index (χ3n) is 3.75. The van der Waals surface area contributed by atoms with Crippen molar-refractivity contribution in [2.75, 3.05) is 7.11 Å². The van der Waals surface area contributed by atoms with Crippen molar-refractivity contribution in [3.05, 3.63) is 35.4 Å². The van der Waals surface area contributed by atoms with Crippen molar-refractivity contribution in [1.82, 2.24) is 0 Å². The number of aliphatic carboxylic acids is 1. The third-order valence-corrected chi connectivity index (χ3v) is 3.75. The van der Waals surface area contributed by atoms with Gasteiger partial charge in [0.05, 0.1) is 18.9 Å². The lowest BCUT2D eigenvalue weighted by molar-refractivity contribution is -0.155. The van der Waals surface area contributed by atoms with Gasteiger partial charge in [0, 0.05) is 0 Å². The van der Waals surface area contributed by atoms with E-state index < -0.39 is 23.8 Å². The van der Waals surface area contributed by atoms with Gasteiger partial charge >= 0.3 is 11.9 Å². The number of methoxy groups -OCH3 is 1. The van der Waals surface area contributed by atoms with Crippen molar-refractivity contribution in [2.45, 2.75) is 33.1 Å². The fourth-order valence-corrected chi connectivity index (χ4v) is 2.24. The maximum Gasteiger partial charge on any atom is 0.309 e. The summed E-state index contributed by atoms with van der Waals surface area (Å²) in [5.41, 5.74) is 2.27. The van der Waals surface area contributed by atoms with Gasteiger partial charge in [-0.15, -0.1) is 0 Å². The first-order chi connectivity index (χ1) is 9.36. The molecule has 1 N–H and O–H groups in total. The predicted molar refractivity (Wildman–Crippen MR) is 76.5 cm³/mol. The number of esters is 1. The Labute approximate surface area is 119 Å². The van der Waals surface area contributed by atoms with Crippen molar-refractivity contribution >= 4 is 11.9 Å². The van der Waals surface area contributed by atoms with Crippen LogP contribution in [-0.2, 0) is 14.3 Å². The van der Waals surface area contributed by atoms with Crippen molar-refractivity contribution in [2.24, 2.45) is 11.8 Å². The highest BCUT2D eigenvalue weighted by atomic mass is 16.5. The van der Waals surface area contributed by atoms with E-state index >= 15 is 0 Å². The highest BCUT2D eigenvalue weighted by molar-refractivity contribution is 5.80. The quantitative estimate of drug-likeness (QED) is 0.812. The summed E-state index contributed by atoms with van der Waals surface area (Å²) in [6.45, 7) is 5.55. The number of carboxylic acid groups (broad SMARTS) is 1. The zero-order chi connectivity index (χ0) is 15.3. The standard InChI is InChI=1S/C16H22O4/c1-10-5-7-13(8-6-10)11(2)9-14(16(19)20-4)12(3)15(17)18/h5-8,11-12,14H,9H2,1-4H3,(H,17,18). The molecule has 0 aliphatic heterocycles. The van der Waals surface area contributed by atoms with Crippen molar-refractivity contribution in [3.63, 3.8) is 0 Å². The SMILES string of the molecule is COC(=O)C(CC(C)c1ccc(C)cc1)C(C)C(=O)O. The van der Waals surface area contributed by atoms with E-state index in [1.807, 2.05) is 38.1 Å². The number of aryl methyl sites for hydroxylation is 1. The van der Waals surface area contributed by atoms with Crippen LogP contribution < -0.4 is 0 Å². The average molecular weight is 278 g/mol. The van der Waals surface area contributed by atoms with Crippen LogP contribution in [0.4, 0.5) is 0 Å². The van der Waals surface area contributed by atoms with Crippen LogP contribution in [0, 0.1) is 18.8 Å². The summed E-state index contributed by atoms with van der Waals surface area (Å²) < 4.78 is 4.74. The molecule has 0 aromatic heterocycles. The largest absolute Gasteiger partial charge is 0.481 e. The van der Waals surface area contributed by atoms with E-state index in [0.29, 0.717) is 6.42 Å². The van der Waals surface area contributed by atoms with Crippen LogP contribution in [0.1, 0.15) is 37.3 Å². The van der Waals surface area contributed by atoms with Gasteiger partial charge in [0.1, 0.15) is 0 Å². The number of hydrogen-bond donors (Lipinski definition) is 1. The maximum absolute atomic E-state index is 11.8. The van der Waals surface area contributed by atoms with Crippen LogP contribution in [0.25, 0.3) is 0 Å². The zero-order valence-corrected chi connectivity index (χ0v) is 12.4. The number of carbonyl (C=O) groups is 2. The molecule has 4 heteroatoms. The molecule has 4 nitrogen and oxygen atoms in total. The second-order valence-electron chi connectivity index (χ2n) is 5.30. The third kappa shape index (κ3) is 4.08. The van der Waals surface area contributed by atoms with Gasteiger partial charge in [0.25, 0.3) is 0 Å². The molecule has 0 fully saturated rings. The van der Waals surface area contributed by atoms with Gasteiger partial charge in [-0.1, -0.05) is 43.7 Å². The van der Waals surface area contributed by atoms with E-state index in [9.17, 15) is 9.59 Å². The Balaban J connectivity index is 2.86. The van der Waals surface area contributed by atoms with Crippen LogP contribution >= 0.6 is 0 Å². The molecule has 0 radical (unpaired) electrons. The molecule has 0 aliphatic carbocycles. The van der Waals surface area contributed by atoms with E-state index in [4.69, 9.17) is 9.84 Å². The molecule has 0 amide bonds. The van der Waals surface area contributed by atoms with Gasteiger partial charge < -0.3 is 9.84 Å². The second-order valence-corrected chi connectivity index (χ2v) is 5.30. The minimum absolute atomic E-state index is 0.0986. The first-order valence-corrected chi connectivity index (χ1v) is 6.74. The molecule has 0 saturated heterocycles. The van der Waals surface area contributed by atoms with E-state index in [0.717, 1.165) is 5.56 Å². The monoisotopic (exact) mass is 278 g/mol. The molecule has 0 spiro atoms. The van der Waals surface area contributed by atoms with Crippen LogP contribution in [0.15, 0.2) is 24.3 Å². The predicted octanol–water partition coefficient (Wildman–Crippen LogP) is 3.00. The van der Waals surface area contributed by atoms with Crippen LogP contribution in [0.2, 0.25) is 0 Å². The normalized spacial score (nSPS) is 15.2. The van der Waals surface area contributed by atoms with Crippen LogP contribution in [-0.4, -0.2) is 24.2 Å². The van der Waals surface area contributed by atoms with Gasteiger partial charge in [-0.3, -0.25) is 9.59 Å². The number of carbonyl (C=O) groups excluding carboxylic acids is 1. The molecule has 0 heterocycles. The average Bonchev–Trinajstić information content (AvgIpc) is 2.43. The van der Waals surface area contributed by atoms with E-state index in [-0.39, 0.29) is 5.92 Å². The number of benzene rings is 1. The fourth-order valence-electron chi connectivity index (χ4n) is 2.24. The summed E-state index contributed by atoms with van der Waals surface area (Å²) in [6.07, 6.45) is 0.462. The molecule has 1 aromatic rings. The Bertz CT molecular complexity index is 464. The first-order valence-electron chi connectivity index (χ1n) is 6.74. The summed E-state index contributed by atoms with van der Waals surface area (Å²) in [5, 5.41) is 9.11. The van der Waals surface area contributed by atoms with Crippen LogP contribution in [0.5, 0.6) is 0 Å². The molecule has 1 aromatic carbocycles. The number of rotatable bonds is 6. The maximum atomic E-state index is 11.8. The van der Waals surface area contributed by atoms with Gasteiger partial charge in [0.15, 0.2) is 0 Å². The fraction of sp³-hybridized carbons (Fsp3) is 0.500. The Morgan fingerprint density at radius 1 is 1.20 bits per heavy atom. The van der Waals surface area contributed by atoms with E-state index in [1.165, 1.54) is 12.7 Å². The Hall–Kier alpha value is -1.84. The Kier molecular flexibility index (Phi) is 5.74. The van der Waals surface area contributed by atoms with Gasteiger partial charge in [-0.2, -0.15) is 0 Å². The molecule has 110 valence electrons. The summed E-state index contributed by atoms with van der Waals surface area (Å²) in [6, 6.07) is 8.05.